The van der Waals surface area contributed by atoms with Crippen LogP contribution in [0.3, 0.4) is 0 Å². The number of aromatic carboxylic acids is 1. The fourth-order valence-corrected chi connectivity index (χ4v) is 3.05. The van der Waals surface area contributed by atoms with E-state index in [1.54, 1.807) is 30.3 Å². The Morgan fingerprint density at radius 1 is 1.12 bits per heavy atom. The SMILES string of the molecule is O=C(O)c1ccc(CCNC(=O)C2(c3cccc(Cl)c3)CC2)cc1. The van der Waals surface area contributed by atoms with Gasteiger partial charge in [0.15, 0.2) is 0 Å². The van der Waals surface area contributed by atoms with Crippen molar-refractivity contribution >= 4 is 23.5 Å². The van der Waals surface area contributed by atoms with Crippen molar-refractivity contribution < 1.29 is 14.7 Å². The summed E-state index contributed by atoms with van der Waals surface area (Å²) in [5.74, 6) is -0.904. The second-order valence-corrected chi connectivity index (χ2v) is 6.54. The Hall–Kier alpha value is -2.33. The van der Waals surface area contributed by atoms with E-state index in [0.29, 0.717) is 18.0 Å². The van der Waals surface area contributed by atoms with Gasteiger partial charge in [0.25, 0.3) is 0 Å². The second kappa shape index (κ2) is 6.65. The lowest BCUT2D eigenvalue weighted by molar-refractivity contribution is -0.123. The molecule has 24 heavy (non-hydrogen) atoms. The molecule has 1 aliphatic rings. The summed E-state index contributed by atoms with van der Waals surface area (Å²) in [4.78, 5) is 23.4. The van der Waals surface area contributed by atoms with Gasteiger partial charge in [0.1, 0.15) is 0 Å². The highest BCUT2D eigenvalue weighted by atomic mass is 35.5. The van der Waals surface area contributed by atoms with Gasteiger partial charge in [-0.15, -0.1) is 0 Å². The number of amides is 1. The van der Waals surface area contributed by atoms with Crippen LogP contribution in [0, 0.1) is 0 Å². The second-order valence-electron chi connectivity index (χ2n) is 6.10. The van der Waals surface area contributed by atoms with E-state index < -0.39 is 11.4 Å². The molecule has 124 valence electrons. The molecule has 0 radical (unpaired) electrons. The van der Waals surface area contributed by atoms with Gasteiger partial charge in [-0.2, -0.15) is 0 Å². The predicted molar refractivity (Wildman–Crippen MR) is 92.5 cm³/mol. The van der Waals surface area contributed by atoms with E-state index in [0.717, 1.165) is 24.0 Å². The minimum absolute atomic E-state index is 0.0342. The van der Waals surface area contributed by atoms with Gasteiger partial charge in [-0.3, -0.25) is 4.79 Å². The van der Waals surface area contributed by atoms with Crippen molar-refractivity contribution in [3.63, 3.8) is 0 Å². The molecule has 1 amide bonds. The summed E-state index contributed by atoms with van der Waals surface area (Å²) in [6.07, 6.45) is 2.34. The van der Waals surface area contributed by atoms with E-state index in [1.165, 1.54) is 0 Å². The zero-order valence-electron chi connectivity index (χ0n) is 13.1. The first kappa shape index (κ1) is 16.5. The summed E-state index contributed by atoms with van der Waals surface area (Å²) < 4.78 is 0. The minimum atomic E-state index is -0.938. The summed E-state index contributed by atoms with van der Waals surface area (Å²) in [5.41, 5.74) is 1.80. The summed E-state index contributed by atoms with van der Waals surface area (Å²) in [6, 6.07) is 14.2. The van der Waals surface area contributed by atoms with Gasteiger partial charge in [-0.25, -0.2) is 4.79 Å². The number of carbonyl (C=O) groups is 2. The molecule has 2 aromatic carbocycles. The fraction of sp³-hybridized carbons (Fsp3) is 0.263. The van der Waals surface area contributed by atoms with Gasteiger partial charge in [-0.1, -0.05) is 35.9 Å². The normalized spacial score (nSPS) is 14.9. The van der Waals surface area contributed by atoms with Crippen molar-refractivity contribution in [3.05, 3.63) is 70.2 Å². The van der Waals surface area contributed by atoms with Crippen molar-refractivity contribution in [3.8, 4) is 0 Å². The van der Waals surface area contributed by atoms with Crippen molar-refractivity contribution in [1.29, 1.82) is 0 Å². The molecule has 0 spiro atoms. The number of carboxylic acid groups (broad SMARTS) is 1. The summed E-state index contributed by atoms with van der Waals surface area (Å²) in [7, 11) is 0. The molecule has 3 rings (SSSR count). The Morgan fingerprint density at radius 2 is 1.83 bits per heavy atom. The topological polar surface area (TPSA) is 66.4 Å². The van der Waals surface area contributed by atoms with Crippen molar-refractivity contribution in [2.45, 2.75) is 24.7 Å². The lowest BCUT2D eigenvalue weighted by Gasteiger charge is -2.16. The average Bonchev–Trinajstić information content (AvgIpc) is 3.37. The number of hydrogen-bond donors (Lipinski definition) is 2. The first-order valence-corrected chi connectivity index (χ1v) is 8.26. The third-order valence-electron chi connectivity index (χ3n) is 4.46. The number of rotatable bonds is 6. The van der Waals surface area contributed by atoms with Crippen molar-refractivity contribution in [2.75, 3.05) is 6.54 Å². The highest BCUT2D eigenvalue weighted by molar-refractivity contribution is 6.30. The highest BCUT2D eigenvalue weighted by Gasteiger charge is 2.51. The number of hydrogen-bond acceptors (Lipinski definition) is 2. The quantitative estimate of drug-likeness (QED) is 0.844. The molecular formula is C19H18ClNO3. The maximum absolute atomic E-state index is 12.5. The zero-order chi connectivity index (χ0) is 17.2. The van der Waals surface area contributed by atoms with Crippen LogP contribution < -0.4 is 5.32 Å². The van der Waals surface area contributed by atoms with Gasteiger partial charge in [0.05, 0.1) is 11.0 Å². The Kier molecular flexibility index (Phi) is 4.58. The fourth-order valence-electron chi connectivity index (χ4n) is 2.86. The van der Waals surface area contributed by atoms with Crippen LogP contribution in [-0.2, 0) is 16.6 Å². The van der Waals surface area contributed by atoms with E-state index >= 15 is 0 Å². The van der Waals surface area contributed by atoms with Gasteiger partial charge >= 0.3 is 5.97 Å². The molecule has 0 bridgehead atoms. The first-order chi connectivity index (χ1) is 11.5. The van der Waals surface area contributed by atoms with E-state index in [1.807, 2.05) is 18.2 Å². The molecule has 2 aromatic rings. The van der Waals surface area contributed by atoms with Crippen molar-refractivity contribution in [2.24, 2.45) is 0 Å². The largest absolute Gasteiger partial charge is 0.478 e. The minimum Gasteiger partial charge on any atom is -0.478 e. The van der Waals surface area contributed by atoms with Crippen LogP contribution in [0.25, 0.3) is 0 Å². The Bertz CT molecular complexity index is 766. The molecular weight excluding hydrogens is 326 g/mol. The average molecular weight is 344 g/mol. The van der Waals surface area contributed by atoms with Gasteiger partial charge in [0.2, 0.25) is 5.91 Å². The van der Waals surface area contributed by atoms with Crippen LogP contribution in [0.15, 0.2) is 48.5 Å². The van der Waals surface area contributed by atoms with Crippen LogP contribution in [0.5, 0.6) is 0 Å². The smallest absolute Gasteiger partial charge is 0.335 e. The van der Waals surface area contributed by atoms with Gasteiger partial charge < -0.3 is 10.4 Å². The number of halogens is 1. The first-order valence-electron chi connectivity index (χ1n) is 7.88. The van der Waals surface area contributed by atoms with Crippen LogP contribution in [-0.4, -0.2) is 23.5 Å². The molecule has 0 aromatic heterocycles. The van der Waals surface area contributed by atoms with Gasteiger partial charge in [-0.05, 0) is 54.7 Å². The third kappa shape index (κ3) is 3.44. The zero-order valence-corrected chi connectivity index (χ0v) is 13.8. The third-order valence-corrected chi connectivity index (χ3v) is 4.70. The van der Waals surface area contributed by atoms with Crippen LogP contribution in [0.1, 0.15) is 34.3 Å². The Balaban J connectivity index is 1.57. The lowest BCUT2D eigenvalue weighted by Crippen LogP contribution is -2.35. The van der Waals surface area contributed by atoms with Crippen LogP contribution in [0.4, 0.5) is 0 Å². The maximum Gasteiger partial charge on any atom is 0.335 e. The number of carbonyl (C=O) groups excluding carboxylic acids is 1. The molecule has 0 saturated heterocycles. The molecule has 0 aliphatic heterocycles. The number of nitrogens with one attached hydrogen (secondary N) is 1. The Morgan fingerprint density at radius 3 is 2.42 bits per heavy atom. The van der Waals surface area contributed by atoms with Crippen LogP contribution in [0.2, 0.25) is 5.02 Å². The van der Waals surface area contributed by atoms with Gasteiger partial charge in [0, 0.05) is 11.6 Å². The summed E-state index contributed by atoms with van der Waals surface area (Å²) in [6.45, 7) is 0.521. The van der Waals surface area contributed by atoms with E-state index in [2.05, 4.69) is 5.32 Å². The molecule has 5 heteroatoms. The lowest BCUT2D eigenvalue weighted by atomic mass is 9.95. The number of benzene rings is 2. The molecule has 0 heterocycles. The van der Waals surface area contributed by atoms with E-state index in [-0.39, 0.29) is 11.5 Å². The predicted octanol–water partition coefficient (Wildman–Crippen LogP) is 3.43. The maximum atomic E-state index is 12.5. The molecule has 1 aliphatic carbocycles. The summed E-state index contributed by atoms with van der Waals surface area (Å²) in [5, 5.41) is 12.5. The summed E-state index contributed by atoms with van der Waals surface area (Å²) >= 11 is 6.03. The molecule has 1 saturated carbocycles. The van der Waals surface area contributed by atoms with E-state index in [4.69, 9.17) is 16.7 Å². The molecule has 4 nitrogen and oxygen atoms in total. The molecule has 0 atom stereocenters. The highest BCUT2D eigenvalue weighted by Crippen LogP contribution is 2.48. The monoisotopic (exact) mass is 343 g/mol. The molecule has 1 fully saturated rings. The van der Waals surface area contributed by atoms with E-state index in [9.17, 15) is 9.59 Å². The Labute approximate surface area is 145 Å². The molecule has 2 N–H and O–H groups in total. The number of carboxylic acids is 1. The molecule has 0 unspecified atom stereocenters. The van der Waals surface area contributed by atoms with Crippen molar-refractivity contribution in [1.82, 2.24) is 5.32 Å². The standard InChI is InChI=1S/C19H18ClNO3/c20-16-3-1-2-15(12-16)19(9-10-19)18(24)21-11-8-13-4-6-14(7-5-13)17(22)23/h1-7,12H,8-11H2,(H,21,24)(H,22,23). The van der Waals surface area contributed by atoms with Crippen LogP contribution >= 0.6 is 11.6 Å².